The lowest BCUT2D eigenvalue weighted by Crippen LogP contribution is -2.51. The minimum Gasteiger partial charge on any atom is -0.458 e. The normalized spacial score (nSPS) is 20.2. The van der Waals surface area contributed by atoms with Crippen LogP contribution in [-0.4, -0.2) is 26.5 Å². The van der Waals surface area contributed by atoms with Crippen molar-refractivity contribution < 1.29 is 22.7 Å². The fraction of sp³-hybridized carbons (Fsp3) is 0.394. The van der Waals surface area contributed by atoms with Crippen LogP contribution in [0.15, 0.2) is 72.9 Å². The molecular formula is C33H37N3O5S. The van der Waals surface area contributed by atoms with Crippen LogP contribution in [0.25, 0.3) is 0 Å². The number of nitriles is 1. The number of ketones is 1. The zero-order valence-electron chi connectivity index (χ0n) is 24.5. The molecule has 0 radical (unpaired) electrons. The van der Waals surface area contributed by atoms with Gasteiger partial charge >= 0.3 is 17.2 Å². The molecule has 4 atom stereocenters. The molecule has 42 heavy (non-hydrogen) atoms. The summed E-state index contributed by atoms with van der Waals surface area (Å²) in [5, 5.41) is 8.92. The summed E-state index contributed by atoms with van der Waals surface area (Å²) in [7, 11) is 0. The third kappa shape index (κ3) is 7.62. The zero-order valence-corrected chi connectivity index (χ0v) is 25.3. The molecule has 0 amide bonds. The van der Waals surface area contributed by atoms with E-state index in [2.05, 4.69) is 9.71 Å². The maximum absolute atomic E-state index is 13.9. The van der Waals surface area contributed by atoms with Gasteiger partial charge in [0.1, 0.15) is 17.6 Å². The van der Waals surface area contributed by atoms with E-state index in [4.69, 9.17) is 14.2 Å². The summed E-state index contributed by atoms with van der Waals surface area (Å²) in [6, 6.07) is 22.1. The number of anilines is 1. The Balaban J connectivity index is 1.53. The Labute approximate surface area is 250 Å². The number of pyridine rings is 1. The molecule has 1 aliphatic heterocycles. The number of aromatic nitrogens is 1. The number of rotatable bonds is 11. The molecule has 220 valence electrons. The summed E-state index contributed by atoms with van der Waals surface area (Å²) < 4.78 is 27.0. The van der Waals surface area contributed by atoms with Crippen molar-refractivity contribution in [3.05, 3.63) is 89.6 Å². The highest BCUT2D eigenvalue weighted by atomic mass is 32.2. The number of hydrogen-bond donors (Lipinski definition) is 1. The Kier molecular flexibility index (Phi) is 9.79. The third-order valence-electron chi connectivity index (χ3n) is 7.57. The monoisotopic (exact) mass is 587 g/mol. The molecule has 1 saturated heterocycles. The number of carbonyl (C=O) groups is 2. The van der Waals surface area contributed by atoms with E-state index in [0.717, 1.165) is 24.0 Å². The number of nitrogens with one attached hydrogen (secondary N) is 1. The molecule has 0 spiro atoms. The van der Waals surface area contributed by atoms with Crippen molar-refractivity contribution in [1.82, 2.24) is 4.98 Å². The summed E-state index contributed by atoms with van der Waals surface area (Å²) in [4.78, 5) is 31.6. The summed E-state index contributed by atoms with van der Waals surface area (Å²) >= 11 is -1.98. The first-order valence-corrected chi connectivity index (χ1v) is 15.2. The fourth-order valence-electron chi connectivity index (χ4n) is 5.75. The summed E-state index contributed by atoms with van der Waals surface area (Å²) in [6.07, 6.45) is 4.26. The lowest BCUT2D eigenvalue weighted by molar-refractivity contribution is -0.182. The summed E-state index contributed by atoms with van der Waals surface area (Å²) in [5.74, 6) is -1.91. The lowest BCUT2D eigenvalue weighted by Gasteiger charge is -2.44. The predicted octanol–water partition coefficient (Wildman–Crippen LogP) is 6.46. The number of esters is 1. The topological polar surface area (TPSA) is 118 Å². The Bertz CT molecular complexity index is 1440. The number of carbonyl (C=O) groups excluding carboxylic acids is 2. The van der Waals surface area contributed by atoms with Gasteiger partial charge in [0.25, 0.3) is 0 Å². The van der Waals surface area contributed by atoms with Gasteiger partial charge in [-0.1, -0.05) is 76.6 Å². The van der Waals surface area contributed by atoms with Crippen molar-refractivity contribution in [3.8, 4) is 11.9 Å². The molecular weight excluding hydrogens is 550 g/mol. The highest BCUT2D eigenvalue weighted by Crippen LogP contribution is 2.47. The third-order valence-corrected chi connectivity index (χ3v) is 8.30. The molecule has 2 aromatic carbocycles. The van der Waals surface area contributed by atoms with Crippen LogP contribution in [0, 0.1) is 22.7 Å². The van der Waals surface area contributed by atoms with Crippen molar-refractivity contribution in [2.24, 2.45) is 11.3 Å². The SMILES string of the molecule is CCC[C@@]1(CCc2ccccc2)CC(=O)C([C@@H](c2cccc(NS(=O)Oc3ccc(C#N)cn3)c2)C(C)(C)C)C(=O)O1. The first-order valence-electron chi connectivity index (χ1n) is 14.2. The number of aryl methyl sites for hydroxylation is 1. The first kappa shape index (κ1) is 30.9. The van der Waals surface area contributed by atoms with E-state index in [0.29, 0.717) is 24.1 Å². The number of benzene rings is 2. The molecule has 1 fully saturated rings. The van der Waals surface area contributed by atoms with Gasteiger partial charge in [0.05, 0.1) is 5.56 Å². The largest absolute Gasteiger partial charge is 0.458 e. The van der Waals surface area contributed by atoms with Crippen LogP contribution in [0.5, 0.6) is 5.88 Å². The van der Waals surface area contributed by atoms with E-state index < -0.39 is 40.1 Å². The van der Waals surface area contributed by atoms with Crippen molar-refractivity contribution in [3.63, 3.8) is 0 Å². The van der Waals surface area contributed by atoms with Crippen LogP contribution in [0.3, 0.4) is 0 Å². The Morgan fingerprint density at radius 1 is 1.12 bits per heavy atom. The maximum Gasteiger partial charge on any atom is 0.317 e. The van der Waals surface area contributed by atoms with Crippen molar-refractivity contribution >= 4 is 28.7 Å². The highest BCUT2D eigenvalue weighted by Gasteiger charge is 2.51. The van der Waals surface area contributed by atoms with Crippen LogP contribution in [0.4, 0.5) is 5.69 Å². The van der Waals surface area contributed by atoms with E-state index in [9.17, 15) is 13.8 Å². The Morgan fingerprint density at radius 2 is 1.88 bits per heavy atom. The second-order valence-corrected chi connectivity index (χ2v) is 12.7. The van der Waals surface area contributed by atoms with Crippen LogP contribution < -0.4 is 8.91 Å². The smallest absolute Gasteiger partial charge is 0.317 e. The van der Waals surface area contributed by atoms with Gasteiger partial charge in [-0.25, -0.2) is 4.98 Å². The molecule has 0 bridgehead atoms. The second-order valence-electron chi connectivity index (χ2n) is 11.8. The first-order chi connectivity index (χ1) is 20.0. The fourth-order valence-corrected chi connectivity index (χ4v) is 6.36. The molecule has 2 unspecified atom stereocenters. The summed E-state index contributed by atoms with van der Waals surface area (Å²) in [5.41, 5.74) is 1.48. The Hall–Kier alpha value is -4.03. The molecule has 3 aromatic rings. The Morgan fingerprint density at radius 3 is 2.50 bits per heavy atom. The molecule has 1 aromatic heterocycles. The van der Waals surface area contributed by atoms with Crippen molar-refractivity contribution in [2.45, 2.75) is 71.3 Å². The van der Waals surface area contributed by atoms with Gasteiger partial charge in [0.15, 0.2) is 5.78 Å². The van der Waals surface area contributed by atoms with Gasteiger partial charge in [-0.3, -0.25) is 14.3 Å². The van der Waals surface area contributed by atoms with Gasteiger partial charge in [-0.2, -0.15) is 9.47 Å². The zero-order chi connectivity index (χ0) is 30.3. The van der Waals surface area contributed by atoms with Gasteiger partial charge < -0.3 is 8.92 Å². The number of Topliss-reactive ketones (excluding diaryl/α,β-unsaturated/α-hetero) is 1. The molecule has 1 aliphatic rings. The van der Waals surface area contributed by atoms with E-state index >= 15 is 0 Å². The molecule has 1 N–H and O–H groups in total. The molecule has 8 nitrogen and oxygen atoms in total. The minimum absolute atomic E-state index is 0.0990. The van der Waals surface area contributed by atoms with Gasteiger partial charge in [-0.05, 0) is 54.0 Å². The second kappa shape index (κ2) is 13.3. The molecule has 0 saturated carbocycles. The average molecular weight is 588 g/mol. The average Bonchev–Trinajstić information content (AvgIpc) is 2.94. The van der Waals surface area contributed by atoms with E-state index in [1.54, 1.807) is 18.2 Å². The van der Waals surface area contributed by atoms with Crippen LogP contribution in [0.1, 0.15) is 76.0 Å². The van der Waals surface area contributed by atoms with Crippen LogP contribution in [0.2, 0.25) is 0 Å². The molecule has 0 aliphatic carbocycles. The van der Waals surface area contributed by atoms with E-state index in [-0.39, 0.29) is 18.1 Å². The standard InChI is InChI=1S/C33H37N3O5S/c1-5-17-33(18-16-23-10-7-6-8-11-23)20-27(37)29(31(38)40-33)30(32(2,3)4)25-12-9-13-26(19-25)36-42(39)41-28-15-14-24(21-34)22-35-28/h6-15,19,22,29-30,36H,5,16-18,20H2,1-4H3/t29?,30-,33-,42?/m1/s1. The number of nitrogens with zero attached hydrogens (tertiary/aromatic N) is 2. The minimum atomic E-state index is -1.98. The van der Waals surface area contributed by atoms with Crippen molar-refractivity contribution in [2.75, 3.05) is 4.72 Å². The molecule has 9 heteroatoms. The van der Waals surface area contributed by atoms with Gasteiger partial charge in [-0.15, -0.1) is 0 Å². The highest BCUT2D eigenvalue weighted by molar-refractivity contribution is 7.81. The van der Waals surface area contributed by atoms with Crippen LogP contribution >= 0.6 is 0 Å². The van der Waals surface area contributed by atoms with Crippen molar-refractivity contribution in [1.29, 1.82) is 5.26 Å². The number of ether oxygens (including phenoxy) is 1. The lowest BCUT2D eigenvalue weighted by atomic mass is 9.65. The maximum atomic E-state index is 13.9. The number of cyclic esters (lactones) is 1. The molecule has 4 rings (SSSR count). The van der Waals surface area contributed by atoms with E-state index in [1.807, 2.05) is 70.2 Å². The van der Waals surface area contributed by atoms with Gasteiger partial charge in [0, 0.05) is 30.3 Å². The number of hydrogen-bond acceptors (Lipinski definition) is 7. The molecule has 2 heterocycles. The quantitative estimate of drug-likeness (QED) is 0.202. The van der Waals surface area contributed by atoms with Gasteiger partial charge in [0.2, 0.25) is 5.88 Å². The predicted molar refractivity (Wildman–Crippen MR) is 162 cm³/mol. The van der Waals surface area contributed by atoms with E-state index in [1.165, 1.54) is 18.3 Å². The summed E-state index contributed by atoms with van der Waals surface area (Å²) in [6.45, 7) is 8.04. The van der Waals surface area contributed by atoms with Crippen LogP contribution in [-0.2, 0) is 32.0 Å².